The fourth-order valence-corrected chi connectivity index (χ4v) is 5.12. The normalized spacial score (nSPS) is 27.7. The number of para-hydroxylation sites is 1. The van der Waals surface area contributed by atoms with Gasteiger partial charge in [-0.1, -0.05) is 24.6 Å². The molecule has 4 rings (SSSR count). The molecule has 2 N–H and O–H groups in total. The number of hydrogen-bond acceptors (Lipinski definition) is 3. The van der Waals surface area contributed by atoms with Gasteiger partial charge in [0.15, 0.2) is 0 Å². The molecule has 0 aromatic heterocycles. The summed E-state index contributed by atoms with van der Waals surface area (Å²) in [7, 11) is 0. The molecule has 2 bridgehead atoms. The van der Waals surface area contributed by atoms with Crippen LogP contribution >= 0.6 is 24.8 Å². The third-order valence-corrected chi connectivity index (χ3v) is 6.50. The van der Waals surface area contributed by atoms with Gasteiger partial charge in [0.1, 0.15) is 0 Å². The fraction of sp³-hybridized carbons (Fsp3) is 0.650. The first-order valence-electron chi connectivity index (χ1n) is 9.56. The van der Waals surface area contributed by atoms with Crippen molar-refractivity contribution in [2.75, 3.05) is 31.9 Å². The van der Waals surface area contributed by atoms with Crippen LogP contribution in [-0.2, 0) is 11.2 Å². The van der Waals surface area contributed by atoms with Gasteiger partial charge < -0.3 is 10.6 Å². The van der Waals surface area contributed by atoms with Crippen molar-refractivity contribution in [2.24, 2.45) is 11.8 Å². The van der Waals surface area contributed by atoms with Crippen molar-refractivity contribution in [3.8, 4) is 0 Å². The topological polar surface area (TPSA) is 49.6 Å². The van der Waals surface area contributed by atoms with Crippen LogP contribution in [0.2, 0.25) is 0 Å². The number of amides is 1. The minimum Gasteiger partial charge on any atom is -0.399 e. The number of aryl methyl sites for hydroxylation is 1. The van der Waals surface area contributed by atoms with E-state index in [1.54, 1.807) is 0 Å². The molecule has 1 heterocycles. The molecule has 26 heavy (non-hydrogen) atoms. The molecule has 3 atom stereocenters. The first-order valence-corrected chi connectivity index (χ1v) is 9.56. The van der Waals surface area contributed by atoms with E-state index in [0.29, 0.717) is 6.42 Å². The molecule has 1 saturated heterocycles. The van der Waals surface area contributed by atoms with Gasteiger partial charge in [0, 0.05) is 44.3 Å². The van der Waals surface area contributed by atoms with E-state index in [-0.39, 0.29) is 30.7 Å². The van der Waals surface area contributed by atoms with E-state index < -0.39 is 0 Å². The molecule has 3 fully saturated rings. The van der Waals surface area contributed by atoms with Crippen LogP contribution in [0.5, 0.6) is 0 Å². The number of carbonyl (C=O) groups is 1. The first-order chi connectivity index (χ1) is 11.7. The second-order valence-electron chi connectivity index (χ2n) is 7.86. The number of carbonyl (C=O) groups excluding carboxylic acids is 1. The Hall–Kier alpha value is -0.970. The maximum absolute atomic E-state index is 12.5. The molecule has 3 aliphatic rings. The predicted octanol–water partition coefficient (Wildman–Crippen LogP) is 3.38. The lowest BCUT2D eigenvalue weighted by atomic mass is 9.93. The molecule has 1 aliphatic heterocycles. The van der Waals surface area contributed by atoms with Crippen molar-refractivity contribution in [3.63, 3.8) is 0 Å². The van der Waals surface area contributed by atoms with Crippen molar-refractivity contribution in [1.82, 2.24) is 9.80 Å². The maximum atomic E-state index is 12.5. The van der Waals surface area contributed by atoms with Gasteiger partial charge in [-0.2, -0.15) is 0 Å². The van der Waals surface area contributed by atoms with Gasteiger partial charge >= 0.3 is 0 Å². The molecule has 4 nitrogen and oxygen atoms in total. The van der Waals surface area contributed by atoms with E-state index in [1.807, 2.05) is 24.3 Å². The number of piperazine rings is 1. The van der Waals surface area contributed by atoms with Crippen LogP contribution in [0.1, 0.15) is 37.7 Å². The summed E-state index contributed by atoms with van der Waals surface area (Å²) in [6.45, 7) is 3.92. The second kappa shape index (κ2) is 9.29. The Morgan fingerprint density at radius 2 is 1.77 bits per heavy atom. The van der Waals surface area contributed by atoms with E-state index in [9.17, 15) is 4.79 Å². The van der Waals surface area contributed by atoms with E-state index in [4.69, 9.17) is 5.73 Å². The van der Waals surface area contributed by atoms with Gasteiger partial charge in [-0.3, -0.25) is 9.69 Å². The third kappa shape index (κ3) is 4.47. The van der Waals surface area contributed by atoms with Gasteiger partial charge in [-0.05, 0) is 49.1 Å². The van der Waals surface area contributed by atoms with Gasteiger partial charge in [0.25, 0.3) is 0 Å². The van der Waals surface area contributed by atoms with Crippen molar-refractivity contribution in [1.29, 1.82) is 0 Å². The van der Waals surface area contributed by atoms with Crippen molar-refractivity contribution < 1.29 is 4.79 Å². The Kier molecular flexibility index (Phi) is 7.63. The van der Waals surface area contributed by atoms with Crippen LogP contribution in [0.4, 0.5) is 5.69 Å². The number of halogens is 2. The van der Waals surface area contributed by atoms with Crippen molar-refractivity contribution in [3.05, 3.63) is 29.8 Å². The fourth-order valence-electron chi connectivity index (χ4n) is 5.12. The molecular weight excluding hydrogens is 369 g/mol. The molecule has 1 amide bonds. The Morgan fingerprint density at radius 1 is 1.04 bits per heavy atom. The molecule has 0 radical (unpaired) electrons. The highest BCUT2D eigenvalue weighted by molar-refractivity contribution is 5.85. The zero-order chi connectivity index (χ0) is 16.5. The summed E-state index contributed by atoms with van der Waals surface area (Å²) < 4.78 is 0. The summed E-state index contributed by atoms with van der Waals surface area (Å²) in [5.74, 6) is 2.22. The van der Waals surface area contributed by atoms with Gasteiger partial charge in [0.05, 0.1) is 0 Å². The minimum atomic E-state index is 0. The Balaban J connectivity index is 0.00000121. The number of anilines is 1. The number of benzene rings is 1. The average Bonchev–Trinajstić information content (AvgIpc) is 3.24. The zero-order valence-corrected chi connectivity index (χ0v) is 16.9. The number of fused-ring (bicyclic) bond motifs is 2. The summed E-state index contributed by atoms with van der Waals surface area (Å²) in [6, 6.07) is 8.67. The number of rotatable bonds is 4. The molecule has 6 heteroatoms. The maximum Gasteiger partial charge on any atom is 0.222 e. The summed E-state index contributed by atoms with van der Waals surface area (Å²) in [5, 5.41) is 0. The van der Waals surface area contributed by atoms with Crippen LogP contribution in [0.25, 0.3) is 0 Å². The minimum absolute atomic E-state index is 0. The summed E-state index contributed by atoms with van der Waals surface area (Å²) in [5.41, 5.74) is 7.86. The molecule has 1 aromatic rings. The number of nitrogens with two attached hydrogens (primary N) is 1. The highest BCUT2D eigenvalue weighted by atomic mass is 35.5. The van der Waals surface area contributed by atoms with Crippen molar-refractivity contribution in [2.45, 2.75) is 44.6 Å². The second-order valence-corrected chi connectivity index (χ2v) is 7.86. The highest BCUT2D eigenvalue weighted by Gasteiger charge is 2.42. The number of nitrogen functional groups attached to an aromatic ring is 1. The summed E-state index contributed by atoms with van der Waals surface area (Å²) in [4.78, 5) is 17.2. The van der Waals surface area contributed by atoms with Crippen LogP contribution in [-0.4, -0.2) is 47.9 Å². The van der Waals surface area contributed by atoms with E-state index in [1.165, 1.54) is 25.7 Å². The zero-order valence-electron chi connectivity index (χ0n) is 15.3. The molecule has 3 unspecified atom stereocenters. The Bertz CT molecular complexity index is 604. The standard InChI is InChI=1S/C20H29N3O.2ClH/c21-18-4-2-1-3-16(18)7-8-20(24)23-11-9-22(10-12-23)19-14-15-5-6-17(19)13-15;;/h1-4,15,17,19H,5-14,21H2;2*1H. The predicted molar refractivity (Wildman–Crippen MR) is 111 cm³/mol. The third-order valence-electron chi connectivity index (χ3n) is 6.50. The monoisotopic (exact) mass is 399 g/mol. The van der Waals surface area contributed by atoms with Gasteiger partial charge in [0.2, 0.25) is 5.91 Å². The van der Waals surface area contributed by atoms with Crippen LogP contribution in [0, 0.1) is 11.8 Å². The molecular formula is C20H31Cl2N3O. The molecule has 146 valence electrons. The van der Waals surface area contributed by atoms with Crippen LogP contribution in [0.3, 0.4) is 0 Å². The lowest BCUT2D eigenvalue weighted by molar-refractivity contribution is -0.133. The highest BCUT2D eigenvalue weighted by Crippen LogP contribution is 2.46. The van der Waals surface area contributed by atoms with Crippen LogP contribution in [0.15, 0.2) is 24.3 Å². The molecule has 2 aliphatic carbocycles. The van der Waals surface area contributed by atoms with Gasteiger partial charge in [-0.25, -0.2) is 0 Å². The van der Waals surface area contributed by atoms with E-state index >= 15 is 0 Å². The lowest BCUT2D eigenvalue weighted by Crippen LogP contribution is -2.53. The lowest BCUT2D eigenvalue weighted by Gasteiger charge is -2.41. The number of nitrogens with zero attached hydrogens (tertiary/aromatic N) is 2. The summed E-state index contributed by atoms with van der Waals surface area (Å²) >= 11 is 0. The quantitative estimate of drug-likeness (QED) is 0.789. The molecule has 2 saturated carbocycles. The Labute approximate surface area is 169 Å². The van der Waals surface area contributed by atoms with Crippen molar-refractivity contribution >= 4 is 36.4 Å². The average molecular weight is 400 g/mol. The first kappa shape index (κ1) is 21.3. The molecule has 0 spiro atoms. The van der Waals surface area contributed by atoms with Crippen LogP contribution < -0.4 is 5.73 Å². The summed E-state index contributed by atoms with van der Waals surface area (Å²) in [6.07, 6.45) is 7.09. The van der Waals surface area contributed by atoms with E-state index in [0.717, 1.165) is 61.7 Å². The SMILES string of the molecule is Cl.Cl.Nc1ccccc1CCC(=O)N1CCN(C2CC3CCC2C3)CC1. The molecule has 1 aromatic carbocycles. The smallest absolute Gasteiger partial charge is 0.222 e. The van der Waals surface area contributed by atoms with Gasteiger partial charge in [-0.15, -0.1) is 24.8 Å². The van der Waals surface area contributed by atoms with E-state index in [2.05, 4.69) is 9.80 Å². The Morgan fingerprint density at radius 3 is 2.38 bits per heavy atom. The largest absolute Gasteiger partial charge is 0.399 e. The number of hydrogen-bond donors (Lipinski definition) is 1.